The number of hydrogen-bond acceptors (Lipinski definition) is 4. The number of nitrogens with one attached hydrogen (secondary N) is 2. The zero-order valence-corrected chi connectivity index (χ0v) is 17.8. The Bertz CT molecular complexity index is 601. The van der Waals surface area contributed by atoms with Crippen LogP contribution in [0.15, 0.2) is 28.7 Å². The summed E-state index contributed by atoms with van der Waals surface area (Å²) in [6.07, 6.45) is 1.32. The second-order valence-electron chi connectivity index (χ2n) is 7.25. The molecule has 1 aliphatic rings. The average molecular weight is 440 g/mol. The molecule has 27 heavy (non-hydrogen) atoms. The molecule has 1 aliphatic heterocycles. The lowest BCUT2D eigenvalue weighted by Gasteiger charge is -2.35. The highest BCUT2D eigenvalue weighted by molar-refractivity contribution is 9.10. The molecule has 1 atom stereocenters. The quantitative estimate of drug-likeness (QED) is 0.619. The maximum atomic E-state index is 12.2. The zero-order valence-electron chi connectivity index (χ0n) is 16.2. The number of carbonyl (C=O) groups is 2. The van der Waals surface area contributed by atoms with E-state index in [0.29, 0.717) is 30.6 Å². The van der Waals surface area contributed by atoms with Crippen LogP contribution in [0.5, 0.6) is 0 Å². The number of amides is 2. The van der Waals surface area contributed by atoms with E-state index in [9.17, 15) is 9.59 Å². The topological polar surface area (TPSA) is 70.7 Å². The Morgan fingerprint density at radius 1 is 1.15 bits per heavy atom. The summed E-state index contributed by atoms with van der Waals surface area (Å²) in [5.41, 5.74) is 0.586. The lowest BCUT2D eigenvalue weighted by atomic mass is 10.0. The first-order valence-electron chi connectivity index (χ1n) is 9.58. The summed E-state index contributed by atoms with van der Waals surface area (Å²) in [5, 5.41) is 5.82. The molecule has 2 rings (SSSR count). The summed E-state index contributed by atoms with van der Waals surface area (Å²) in [7, 11) is 0. The fraction of sp³-hybridized carbons (Fsp3) is 0.600. The summed E-state index contributed by atoms with van der Waals surface area (Å²) in [6.45, 7) is 8.70. The van der Waals surface area contributed by atoms with E-state index in [4.69, 9.17) is 4.74 Å². The number of morpholine rings is 1. The van der Waals surface area contributed by atoms with Crippen molar-refractivity contribution in [3.8, 4) is 0 Å². The van der Waals surface area contributed by atoms with Crippen LogP contribution in [0.3, 0.4) is 0 Å². The molecule has 150 valence electrons. The minimum absolute atomic E-state index is 0.0341. The van der Waals surface area contributed by atoms with E-state index in [0.717, 1.165) is 37.2 Å². The Morgan fingerprint density at radius 3 is 2.44 bits per heavy atom. The van der Waals surface area contributed by atoms with E-state index < -0.39 is 0 Å². The van der Waals surface area contributed by atoms with Crippen LogP contribution in [0.4, 0.5) is 0 Å². The van der Waals surface area contributed by atoms with Gasteiger partial charge in [0.2, 0.25) is 5.91 Å². The van der Waals surface area contributed by atoms with E-state index in [1.54, 1.807) is 12.1 Å². The van der Waals surface area contributed by atoms with Gasteiger partial charge in [-0.3, -0.25) is 14.5 Å². The van der Waals surface area contributed by atoms with Gasteiger partial charge < -0.3 is 15.4 Å². The minimum atomic E-state index is -0.165. The third-order valence-corrected chi connectivity index (χ3v) is 5.11. The van der Waals surface area contributed by atoms with E-state index >= 15 is 0 Å². The van der Waals surface area contributed by atoms with Crippen molar-refractivity contribution in [2.45, 2.75) is 32.7 Å². The van der Waals surface area contributed by atoms with Gasteiger partial charge >= 0.3 is 0 Å². The number of benzene rings is 1. The minimum Gasteiger partial charge on any atom is -0.379 e. The third kappa shape index (κ3) is 7.99. The van der Waals surface area contributed by atoms with Gasteiger partial charge in [0.05, 0.1) is 13.2 Å². The standard InChI is InChI=1S/C20H30BrN3O3/c1-15(2)13-18(24-9-11-27-12-10-24)14-23-19(25)7-8-22-20(26)16-3-5-17(21)6-4-16/h3-6,15,18H,7-14H2,1-2H3,(H,22,26)(H,23,25). The number of hydrogen-bond donors (Lipinski definition) is 2. The summed E-state index contributed by atoms with van der Waals surface area (Å²) in [5.74, 6) is 0.370. The van der Waals surface area contributed by atoms with Crippen molar-refractivity contribution in [2.24, 2.45) is 5.92 Å². The molecule has 0 bridgehead atoms. The molecule has 1 fully saturated rings. The van der Waals surface area contributed by atoms with Crippen LogP contribution >= 0.6 is 15.9 Å². The van der Waals surface area contributed by atoms with Crippen LogP contribution in [0.1, 0.15) is 37.0 Å². The first kappa shape index (κ1) is 21.9. The summed E-state index contributed by atoms with van der Waals surface area (Å²) in [4.78, 5) is 26.6. The lowest BCUT2D eigenvalue weighted by Crippen LogP contribution is -2.49. The Balaban J connectivity index is 1.71. The van der Waals surface area contributed by atoms with Crippen LogP contribution in [0.2, 0.25) is 0 Å². The van der Waals surface area contributed by atoms with Crippen LogP contribution in [0, 0.1) is 5.92 Å². The highest BCUT2D eigenvalue weighted by Gasteiger charge is 2.22. The lowest BCUT2D eigenvalue weighted by molar-refractivity contribution is -0.121. The highest BCUT2D eigenvalue weighted by atomic mass is 79.9. The number of nitrogens with zero attached hydrogens (tertiary/aromatic N) is 1. The molecule has 1 aromatic rings. The molecule has 0 radical (unpaired) electrons. The molecule has 0 aliphatic carbocycles. The SMILES string of the molecule is CC(C)CC(CNC(=O)CCNC(=O)c1ccc(Br)cc1)N1CCOCC1. The highest BCUT2D eigenvalue weighted by Crippen LogP contribution is 2.13. The second kappa shape index (κ2) is 11.4. The molecule has 1 unspecified atom stereocenters. The first-order valence-corrected chi connectivity index (χ1v) is 10.4. The summed E-state index contributed by atoms with van der Waals surface area (Å²) in [6, 6.07) is 7.47. The van der Waals surface area contributed by atoms with Crippen molar-refractivity contribution in [3.05, 3.63) is 34.3 Å². The van der Waals surface area contributed by atoms with Gasteiger partial charge in [-0.2, -0.15) is 0 Å². The fourth-order valence-electron chi connectivity index (χ4n) is 3.16. The predicted molar refractivity (Wildman–Crippen MR) is 110 cm³/mol. The number of carbonyl (C=O) groups excluding carboxylic acids is 2. The third-order valence-electron chi connectivity index (χ3n) is 4.58. The van der Waals surface area contributed by atoms with Crippen molar-refractivity contribution >= 4 is 27.7 Å². The zero-order chi connectivity index (χ0) is 19.6. The number of ether oxygens (including phenoxy) is 1. The maximum Gasteiger partial charge on any atom is 0.251 e. The molecular formula is C20H30BrN3O3. The normalized spacial score (nSPS) is 16.1. The molecular weight excluding hydrogens is 410 g/mol. The maximum absolute atomic E-state index is 12.2. The molecule has 1 aromatic carbocycles. The van der Waals surface area contributed by atoms with E-state index in [1.165, 1.54) is 0 Å². The molecule has 7 heteroatoms. The van der Waals surface area contributed by atoms with Crippen molar-refractivity contribution in [2.75, 3.05) is 39.4 Å². The monoisotopic (exact) mass is 439 g/mol. The van der Waals surface area contributed by atoms with Gasteiger partial charge in [-0.25, -0.2) is 0 Å². The molecule has 6 nitrogen and oxygen atoms in total. The molecule has 2 amide bonds. The van der Waals surface area contributed by atoms with Crippen molar-refractivity contribution in [3.63, 3.8) is 0 Å². The number of rotatable bonds is 9. The van der Waals surface area contributed by atoms with Gasteiger partial charge in [0, 0.05) is 48.7 Å². The molecule has 0 saturated carbocycles. The predicted octanol–water partition coefficient (Wildman–Crippen LogP) is 2.43. The van der Waals surface area contributed by atoms with Gasteiger partial charge in [0.15, 0.2) is 0 Å². The molecule has 0 spiro atoms. The van der Waals surface area contributed by atoms with Crippen LogP contribution in [0.25, 0.3) is 0 Å². The van der Waals surface area contributed by atoms with Gasteiger partial charge in [-0.05, 0) is 36.6 Å². The Morgan fingerprint density at radius 2 is 1.81 bits per heavy atom. The average Bonchev–Trinajstić information content (AvgIpc) is 2.66. The fourth-order valence-corrected chi connectivity index (χ4v) is 3.43. The summed E-state index contributed by atoms with van der Waals surface area (Å²) < 4.78 is 6.35. The smallest absolute Gasteiger partial charge is 0.251 e. The van der Waals surface area contributed by atoms with Crippen LogP contribution in [-0.4, -0.2) is 62.1 Å². The van der Waals surface area contributed by atoms with Gasteiger partial charge in [0.25, 0.3) is 5.91 Å². The molecule has 1 heterocycles. The number of halogens is 1. The van der Waals surface area contributed by atoms with Gasteiger partial charge in [0.1, 0.15) is 0 Å². The molecule has 0 aromatic heterocycles. The first-order chi connectivity index (χ1) is 13.0. The summed E-state index contributed by atoms with van der Waals surface area (Å²) >= 11 is 3.34. The Labute approximate surface area is 170 Å². The van der Waals surface area contributed by atoms with Crippen molar-refractivity contribution < 1.29 is 14.3 Å². The Kier molecular flexibility index (Phi) is 9.24. The van der Waals surface area contributed by atoms with Crippen LogP contribution in [-0.2, 0) is 9.53 Å². The van der Waals surface area contributed by atoms with Crippen molar-refractivity contribution in [1.82, 2.24) is 15.5 Å². The van der Waals surface area contributed by atoms with E-state index in [1.807, 2.05) is 12.1 Å². The van der Waals surface area contributed by atoms with Gasteiger partial charge in [-0.1, -0.05) is 29.8 Å². The van der Waals surface area contributed by atoms with Crippen molar-refractivity contribution in [1.29, 1.82) is 0 Å². The van der Waals surface area contributed by atoms with Crippen LogP contribution < -0.4 is 10.6 Å². The Hall–Kier alpha value is -1.44. The van der Waals surface area contributed by atoms with Gasteiger partial charge in [-0.15, -0.1) is 0 Å². The largest absolute Gasteiger partial charge is 0.379 e. The molecule has 1 saturated heterocycles. The second-order valence-corrected chi connectivity index (χ2v) is 8.16. The van der Waals surface area contributed by atoms with E-state index in [2.05, 4.69) is 45.3 Å². The molecule has 2 N–H and O–H groups in total. The van der Waals surface area contributed by atoms with E-state index in [-0.39, 0.29) is 18.2 Å².